The lowest BCUT2D eigenvalue weighted by Crippen LogP contribution is -2.16. The first-order valence-electron chi connectivity index (χ1n) is 19.2. The van der Waals surface area contributed by atoms with Gasteiger partial charge in [0.15, 0.2) is 0 Å². The van der Waals surface area contributed by atoms with Gasteiger partial charge in [0.05, 0.1) is 16.6 Å². The highest BCUT2D eigenvalue weighted by Gasteiger charge is 2.36. The second-order valence-corrected chi connectivity index (χ2v) is 15.8. The molecular weight excluding hydrogens is 653 g/mol. The zero-order valence-corrected chi connectivity index (χ0v) is 30.8. The summed E-state index contributed by atoms with van der Waals surface area (Å²) >= 11 is 0. The lowest BCUT2D eigenvalue weighted by atomic mass is 9.82. The molecule has 0 amide bonds. The molecule has 7 aromatic carbocycles. The molecule has 2 heterocycles. The van der Waals surface area contributed by atoms with Gasteiger partial charge in [0, 0.05) is 44.2 Å². The van der Waals surface area contributed by atoms with E-state index < -0.39 is 0 Å². The molecule has 2 aliphatic rings. The minimum Gasteiger partial charge on any atom is -0.313 e. The second kappa shape index (κ2) is 11.6. The zero-order valence-electron chi connectivity index (χ0n) is 30.8. The van der Waals surface area contributed by atoms with Crippen molar-refractivity contribution in [3.05, 3.63) is 192 Å². The third-order valence-corrected chi connectivity index (χ3v) is 12.4. The smallest absolute Gasteiger partial charge is 0.0541 e. The minimum absolute atomic E-state index is 0.0439. The molecule has 1 unspecified atom stereocenters. The summed E-state index contributed by atoms with van der Waals surface area (Å²) in [5.74, 6) is 0.351. The molecule has 0 spiro atoms. The van der Waals surface area contributed by atoms with E-state index in [4.69, 9.17) is 0 Å². The standard InChI is InChI=1S/C52H40N2/c1-33-28-51-45(42-20-9-12-23-49(42)54(51)38-25-26-40-39-18-7-10-21-46(39)52(2,3)47(40)31-38)32-43(33)36-24-27-50-44(30-36)41-19-8-11-22-48(41)53(50)37-17-13-16-35(29-37)34-14-5-4-6-15-34/h4-27,29-33H,28H2,1-3H3. The number of fused-ring (bicyclic) bond motifs is 9. The molecule has 2 aliphatic carbocycles. The number of rotatable bonds is 4. The molecule has 0 bridgehead atoms. The van der Waals surface area contributed by atoms with Crippen LogP contribution >= 0.6 is 0 Å². The number of para-hydroxylation sites is 2. The van der Waals surface area contributed by atoms with Crippen molar-refractivity contribution in [1.82, 2.24) is 9.13 Å². The minimum atomic E-state index is -0.0439. The normalized spacial score (nSPS) is 15.7. The Morgan fingerprint density at radius 3 is 2.00 bits per heavy atom. The molecule has 11 rings (SSSR count). The van der Waals surface area contributed by atoms with Gasteiger partial charge in [0.2, 0.25) is 0 Å². The van der Waals surface area contributed by atoms with Crippen LogP contribution in [0.5, 0.6) is 0 Å². The van der Waals surface area contributed by atoms with Crippen LogP contribution in [0.15, 0.2) is 164 Å². The first-order valence-corrected chi connectivity index (χ1v) is 19.2. The lowest BCUT2D eigenvalue weighted by Gasteiger charge is -2.25. The monoisotopic (exact) mass is 692 g/mol. The maximum Gasteiger partial charge on any atom is 0.0541 e. The Bertz CT molecular complexity index is 3000. The van der Waals surface area contributed by atoms with Crippen molar-refractivity contribution in [2.75, 3.05) is 0 Å². The molecule has 2 aromatic heterocycles. The van der Waals surface area contributed by atoms with E-state index in [1.807, 2.05) is 0 Å². The second-order valence-electron chi connectivity index (χ2n) is 15.8. The molecule has 0 aliphatic heterocycles. The fraction of sp³-hybridized carbons (Fsp3) is 0.115. The van der Waals surface area contributed by atoms with Crippen LogP contribution in [0.4, 0.5) is 0 Å². The van der Waals surface area contributed by atoms with Crippen molar-refractivity contribution in [1.29, 1.82) is 0 Å². The van der Waals surface area contributed by atoms with Gasteiger partial charge in [-0.3, -0.25) is 0 Å². The van der Waals surface area contributed by atoms with E-state index >= 15 is 0 Å². The van der Waals surface area contributed by atoms with Gasteiger partial charge in [0.25, 0.3) is 0 Å². The Balaban J connectivity index is 1.05. The highest BCUT2D eigenvalue weighted by Crippen LogP contribution is 2.50. The van der Waals surface area contributed by atoms with E-state index in [2.05, 4.69) is 200 Å². The van der Waals surface area contributed by atoms with Crippen molar-refractivity contribution in [3.8, 4) is 33.6 Å². The van der Waals surface area contributed by atoms with Gasteiger partial charge in [-0.2, -0.15) is 0 Å². The highest BCUT2D eigenvalue weighted by molar-refractivity contribution is 6.11. The van der Waals surface area contributed by atoms with Crippen LogP contribution in [-0.4, -0.2) is 9.13 Å². The van der Waals surface area contributed by atoms with Crippen molar-refractivity contribution >= 4 is 44.4 Å². The van der Waals surface area contributed by atoms with Crippen LogP contribution in [0.2, 0.25) is 0 Å². The predicted octanol–water partition coefficient (Wildman–Crippen LogP) is 13.4. The van der Waals surface area contributed by atoms with Gasteiger partial charge in [-0.1, -0.05) is 136 Å². The van der Waals surface area contributed by atoms with E-state index in [0.29, 0.717) is 5.92 Å². The molecule has 258 valence electrons. The van der Waals surface area contributed by atoms with Crippen molar-refractivity contribution in [2.45, 2.75) is 32.6 Å². The predicted molar refractivity (Wildman–Crippen MR) is 228 cm³/mol. The molecule has 0 N–H and O–H groups in total. The Labute approximate surface area is 316 Å². The summed E-state index contributed by atoms with van der Waals surface area (Å²) in [5, 5.41) is 3.88. The number of hydrogen-bond donors (Lipinski definition) is 0. The number of allylic oxidation sites excluding steroid dienone is 1. The average Bonchev–Trinajstić information content (AvgIpc) is 3.80. The summed E-state index contributed by atoms with van der Waals surface area (Å²) in [6.07, 6.45) is 3.47. The fourth-order valence-corrected chi connectivity index (χ4v) is 9.76. The molecule has 54 heavy (non-hydrogen) atoms. The number of hydrogen-bond acceptors (Lipinski definition) is 0. The van der Waals surface area contributed by atoms with Crippen molar-refractivity contribution in [2.24, 2.45) is 5.92 Å². The summed E-state index contributed by atoms with van der Waals surface area (Å²) in [6.45, 7) is 7.15. The number of aromatic nitrogens is 2. The summed E-state index contributed by atoms with van der Waals surface area (Å²) in [4.78, 5) is 0. The van der Waals surface area contributed by atoms with Crippen LogP contribution in [0.3, 0.4) is 0 Å². The molecule has 0 radical (unpaired) electrons. The van der Waals surface area contributed by atoms with Gasteiger partial charge in [0.1, 0.15) is 0 Å². The van der Waals surface area contributed by atoms with Crippen LogP contribution < -0.4 is 0 Å². The fourth-order valence-electron chi connectivity index (χ4n) is 9.76. The Morgan fingerprint density at radius 1 is 0.481 bits per heavy atom. The van der Waals surface area contributed by atoms with Crippen LogP contribution in [0.1, 0.15) is 48.7 Å². The topological polar surface area (TPSA) is 9.86 Å². The maximum absolute atomic E-state index is 2.55. The quantitative estimate of drug-likeness (QED) is 0.174. The van der Waals surface area contributed by atoms with Crippen molar-refractivity contribution in [3.63, 3.8) is 0 Å². The first kappa shape index (κ1) is 31.2. The van der Waals surface area contributed by atoms with Gasteiger partial charge in [-0.05, 0) is 111 Å². The summed E-state index contributed by atoms with van der Waals surface area (Å²) in [5.41, 5.74) is 19.6. The van der Waals surface area contributed by atoms with E-state index in [0.717, 1.165) is 6.42 Å². The molecule has 0 fully saturated rings. The SMILES string of the molecule is CC1Cc2c(c3ccccc3n2-c2ccc3c(c2)C(C)(C)c2ccccc2-3)C=C1c1ccc2c(c1)c1ccccc1n2-c1cccc(-c2ccccc2)c1. The van der Waals surface area contributed by atoms with E-state index in [-0.39, 0.29) is 5.41 Å². The Morgan fingerprint density at radius 2 is 1.15 bits per heavy atom. The third-order valence-electron chi connectivity index (χ3n) is 12.4. The Kier molecular flexibility index (Phi) is 6.67. The van der Waals surface area contributed by atoms with E-state index in [9.17, 15) is 0 Å². The molecule has 0 saturated carbocycles. The van der Waals surface area contributed by atoms with Crippen molar-refractivity contribution < 1.29 is 0 Å². The molecule has 0 saturated heterocycles. The molecule has 2 nitrogen and oxygen atoms in total. The van der Waals surface area contributed by atoms with Gasteiger partial charge >= 0.3 is 0 Å². The van der Waals surface area contributed by atoms with Gasteiger partial charge in [-0.15, -0.1) is 0 Å². The number of nitrogens with zero attached hydrogens (tertiary/aromatic N) is 2. The average molecular weight is 693 g/mol. The largest absolute Gasteiger partial charge is 0.313 e. The zero-order chi connectivity index (χ0) is 36.1. The van der Waals surface area contributed by atoms with Gasteiger partial charge in [-0.25, -0.2) is 0 Å². The summed E-state index contributed by atoms with van der Waals surface area (Å²) < 4.78 is 4.98. The van der Waals surface area contributed by atoms with Crippen LogP contribution in [-0.2, 0) is 11.8 Å². The van der Waals surface area contributed by atoms with Gasteiger partial charge < -0.3 is 9.13 Å². The van der Waals surface area contributed by atoms with E-state index in [1.54, 1.807) is 0 Å². The maximum atomic E-state index is 2.55. The lowest BCUT2D eigenvalue weighted by molar-refractivity contribution is 0.659. The summed E-state index contributed by atoms with van der Waals surface area (Å²) in [7, 11) is 0. The molecule has 2 heteroatoms. The summed E-state index contributed by atoms with van der Waals surface area (Å²) in [6, 6.07) is 60.7. The molecule has 1 atom stereocenters. The molecular formula is C52H40N2. The van der Waals surface area contributed by atoms with Crippen LogP contribution in [0, 0.1) is 5.92 Å². The number of benzene rings is 7. The molecule has 9 aromatic rings. The Hall–Kier alpha value is -6.38. The first-order chi connectivity index (χ1) is 26.5. The van der Waals surface area contributed by atoms with E-state index in [1.165, 1.54) is 99.9 Å². The van der Waals surface area contributed by atoms with Crippen LogP contribution in [0.25, 0.3) is 78.0 Å². The third kappa shape index (κ3) is 4.47. The highest BCUT2D eigenvalue weighted by atomic mass is 15.0.